The molecule has 1 aromatic rings. The number of nitrogens with one attached hydrogen (secondary N) is 1. The van der Waals surface area contributed by atoms with Crippen LogP contribution in [0.25, 0.3) is 0 Å². The molecule has 0 aliphatic carbocycles. The van der Waals surface area contributed by atoms with Gasteiger partial charge < -0.3 is 0 Å². The average molecular weight is 163 g/mol. The summed E-state index contributed by atoms with van der Waals surface area (Å²) in [6, 6.07) is 12.0. The molecular weight excluding hydrogens is 154 g/mol. The van der Waals surface area contributed by atoms with Gasteiger partial charge in [0.1, 0.15) is 6.54 Å². The first-order valence-corrected chi connectivity index (χ1v) is 3.55. The monoisotopic (exact) mass is 163 g/mol. The smallest absolute Gasteiger partial charge is 0.265 e. The number of carbonyl (C=O) groups is 1. The van der Waals surface area contributed by atoms with E-state index in [-0.39, 0.29) is 12.5 Å². The molecule has 2 rings (SSSR count). The second kappa shape index (κ2) is 5.01. The summed E-state index contributed by atoms with van der Waals surface area (Å²) in [6.45, 7) is 0.194. The van der Waals surface area contributed by atoms with Gasteiger partial charge in [-0.15, -0.1) is 0 Å². The molecule has 1 N–H and O–H groups in total. The van der Waals surface area contributed by atoms with Gasteiger partial charge in [-0.25, -0.2) is 5.43 Å². The van der Waals surface area contributed by atoms with Crippen molar-refractivity contribution in [2.24, 2.45) is 10.3 Å². The molecule has 1 amide bonds. The fourth-order valence-electron chi connectivity index (χ4n) is 0.611. The topological polar surface area (TPSA) is 53.8 Å². The third-order valence-corrected chi connectivity index (χ3v) is 1.13. The predicted octanol–water partition coefficient (Wildman–Crippen LogP) is 1.17. The Morgan fingerprint density at radius 1 is 1.08 bits per heavy atom. The highest BCUT2D eigenvalue weighted by atomic mass is 16.2. The number of nitrogens with zero attached hydrogens (tertiary/aromatic N) is 2. The molecule has 1 aromatic carbocycles. The van der Waals surface area contributed by atoms with Crippen molar-refractivity contribution in [3.05, 3.63) is 36.4 Å². The second-order valence-electron chi connectivity index (χ2n) is 2.09. The van der Waals surface area contributed by atoms with Crippen LogP contribution in [-0.4, -0.2) is 12.5 Å². The number of amides is 1. The molecule has 0 aromatic heterocycles. The fraction of sp³-hybridized carbons (Fsp3) is 0.125. The van der Waals surface area contributed by atoms with Crippen molar-refractivity contribution in [3.63, 3.8) is 0 Å². The molecule has 0 bridgehead atoms. The van der Waals surface area contributed by atoms with Gasteiger partial charge in [0.05, 0.1) is 0 Å². The van der Waals surface area contributed by atoms with Crippen molar-refractivity contribution < 1.29 is 4.79 Å². The first kappa shape index (κ1) is 8.39. The molecule has 1 aliphatic heterocycles. The minimum atomic E-state index is -0.130. The van der Waals surface area contributed by atoms with Gasteiger partial charge in [-0.05, 0) is 0 Å². The van der Waals surface area contributed by atoms with Crippen molar-refractivity contribution in [2.75, 3.05) is 6.54 Å². The van der Waals surface area contributed by atoms with Crippen LogP contribution in [0.1, 0.15) is 0 Å². The molecule has 12 heavy (non-hydrogen) atoms. The van der Waals surface area contributed by atoms with Crippen molar-refractivity contribution in [2.45, 2.75) is 0 Å². The van der Waals surface area contributed by atoms with Crippen molar-refractivity contribution in [3.8, 4) is 0 Å². The Kier molecular flexibility index (Phi) is 3.50. The minimum Gasteiger partial charge on any atom is -0.271 e. The highest BCUT2D eigenvalue weighted by molar-refractivity contribution is 5.78. The van der Waals surface area contributed by atoms with Crippen LogP contribution in [0.15, 0.2) is 46.7 Å². The minimum absolute atomic E-state index is 0.130. The van der Waals surface area contributed by atoms with Gasteiger partial charge in [-0.1, -0.05) is 41.6 Å². The first-order chi connectivity index (χ1) is 5.89. The van der Waals surface area contributed by atoms with Gasteiger partial charge >= 0.3 is 0 Å². The van der Waals surface area contributed by atoms with E-state index in [1.807, 2.05) is 36.4 Å². The van der Waals surface area contributed by atoms with Gasteiger partial charge in [0.15, 0.2) is 0 Å². The van der Waals surface area contributed by atoms with E-state index in [0.717, 1.165) is 0 Å². The Balaban J connectivity index is 0.000000120. The fourth-order valence-corrected chi connectivity index (χ4v) is 0.611. The molecule has 0 radical (unpaired) electrons. The van der Waals surface area contributed by atoms with Gasteiger partial charge in [-0.2, -0.15) is 5.11 Å². The largest absolute Gasteiger partial charge is 0.271 e. The maximum absolute atomic E-state index is 9.94. The highest BCUT2D eigenvalue weighted by Gasteiger charge is 2.00. The Morgan fingerprint density at radius 3 is 1.75 bits per heavy atom. The van der Waals surface area contributed by atoms with E-state index in [1.54, 1.807) is 0 Å². The molecule has 0 fully saturated rings. The maximum atomic E-state index is 9.94. The lowest BCUT2D eigenvalue weighted by molar-refractivity contribution is -0.118. The van der Waals surface area contributed by atoms with Crippen LogP contribution in [0.3, 0.4) is 0 Å². The quantitative estimate of drug-likeness (QED) is 0.613. The van der Waals surface area contributed by atoms with Crippen LogP contribution >= 0.6 is 0 Å². The van der Waals surface area contributed by atoms with Crippen LogP contribution in [0.5, 0.6) is 0 Å². The van der Waals surface area contributed by atoms with Crippen LogP contribution in [0, 0.1) is 0 Å². The van der Waals surface area contributed by atoms with E-state index in [2.05, 4.69) is 15.8 Å². The lowest BCUT2D eigenvalue weighted by atomic mass is 10.4. The first-order valence-electron chi connectivity index (χ1n) is 3.55. The number of hydrogen-bond donors (Lipinski definition) is 1. The molecule has 62 valence electrons. The lowest BCUT2D eigenvalue weighted by Gasteiger charge is -1.73. The molecule has 4 heteroatoms. The Labute approximate surface area is 70.3 Å². The number of benzene rings is 1. The van der Waals surface area contributed by atoms with E-state index in [0.29, 0.717) is 0 Å². The molecule has 0 spiro atoms. The summed E-state index contributed by atoms with van der Waals surface area (Å²) in [5.41, 5.74) is 2.14. The van der Waals surface area contributed by atoms with Gasteiger partial charge in [0.25, 0.3) is 5.91 Å². The van der Waals surface area contributed by atoms with E-state index < -0.39 is 0 Å². The zero-order valence-electron chi connectivity index (χ0n) is 6.47. The summed E-state index contributed by atoms with van der Waals surface area (Å²) in [7, 11) is 0. The molecule has 1 aliphatic rings. The molecule has 0 saturated carbocycles. The van der Waals surface area contributed by atoms with Crippen molar-refractivity contribution in [1.29, 1.82) is 0 Å². The summed E-state index contributed by atoms with van der Waals surface area (Å²) < 4.78 is 0. The summed E-state index contributed by atoms with van der Waals surface area (Å²) >= 11 is 0. The van der Waals surface area contributed by atoms with E-state index in [9.17, 15) is 4.79 Å². The predicted molar refractivity (Wildman–Crippen MR) is 44.3 cm³/mol. The van der Waals surface area contributed by atoms with E-state index in [1.165, 1.54) is 0 Å². The summed E-state index contributed by atoms with van der Waals surface area (Å²) in [5.74, 6) is -0.130. The molecule has 0 unspecified atom stereocenters. The maximum Gasteiger partial charge on any atom is 0.265 e. The van der Waals surface area contributed by atoms with Crippen LogP contribution < -0.4 is 5.43 Å². The van der Waals surface area contributed by atoms with Gasteiger partial charge in [0.2, 0.25) is 0 Å². The van der Waals surface area contributed by atoms with Crippen molar-refractivity contribution in [1.82, 2.24) is 5.43 Å². The SMILES string of the molecule is O=C1CN=NN1.c1ccccc1. The molecule has 4 nitrogen and oxygen atoms in total. The van der Waals surface area contributed by atoms with Crippen LogP contribution in [0.4, 0.5) is 0 Å². The highest BCUT2D eigenvalue weighted by Crippen LogP contribution is 1.80. The van der Waals surface area contributed by atoms with Gasteiger partial charge in [-0.3, -0.25) is 4.79 Å². The molecular formula is C8H9N3O. The summed E-state index contributed by atoms with van der Waals surface area (Å²) in [6.07, 6.45) is 0. The van der Waals surface area contributed by atoms with E-state index in [4.69, 9.17) is 0 Å². The Hall–Kier alpha value is -1.71. The molecule has 0 saturated heterocycles. The second-order valence-corrected chi connectivity index (χ2v) is 2.09. The standard InChI is InChI=1S/C6H6.C2H3N3O/c1-2-4-6-5-3-1;6-2-1-3-5-4-2/h1-6H;1H2,(H,3,4,6). The number of carbonyl (C=O) groups excluding carboxylic acids is 1. The third-order valence-electron chi connectivity index (χ3n) is 1.13. The van der Waals surface area contributed by atoms with Gasteiger partial charge in [0, 0.05) is 0 Å². The Morgan fingerprint density at radius 2 is 1.58 bits per heavy atom. The summed E-state index contributed by atoms with van der Waals surface area (Å²) in [4.78, 5) is 9.94. The number of hydrogen-bond acceptors (Lipinski definition) is 3. The van der Waals surface area contributed by atoms with Crippen molar-refractivity contribution >= 4 is 5.91 Å². The zero-order chi connectivity index (χ0) is 8.65. The Bertz CT molecular complexity index is 222. The zero-order valence-corrected chi connectivity index (χ0v) is 6.47. The molecule has 0 atom stereocenters. The van der Waals surface area contributed by atoms with Crippen LogP contribution in [-0.2, 0) is 4.79 Å². The average Bonchev–Trinajstić information content (AvgIpc) is 2.60. The summed E-state index contributed by atoms with van der Waals surface area (Å²) in [5, 5.41) is 6.52. The lowest BCUT2D eigenvalue weighted by Crippen LogP contribution is -2.11. The molecule has 1 heterocycles. The third kappa shape index (κ3) is 3.46. The normalized spacial score (nSPS) is 13.2. The van der Waals surface area contributed by atoms with E-state index >= 15 is 0 Å². The van der Waals surface area contributed by atoms with Crippen LogP contribution in [0.2, 0.25) is 0 Å². The number of rotatable bonds is 0.